The minimum atomic E-state index is -0.0230. The molecular formula is C16H19Cl2N5O. The summed E-state index contributed by atoms with van der Waals surface area (Å²) < 4.78 is 5.98. The molecule has 3 aromatic rings. The summed E-state index contributed by atoms with van der Waals surface area (Å²) in [6.07, 6.45) is 0.935. The number of nitrogens with zero attached hydrogens (tertiary/aromatic N) is 3. The average molecular weight is 368 g/mol. The molecule has 6 nitrogen and oxygen atoms in total. The summed E-state index contributed by atoms with van der Waals surface area (Å²) in [6.45, 7) is 5.44. The number of hydrogen-bond acceptors (Lipinski definition) is 6. The van der Waals surface area contributed by atoms with E-state index in [2.05, 4.69) is 21.8 Å². The standard InChI is InChI=1S/C16H19Cl2N5O/c1-3-4-23(7-8(2)19)15-14-12(21-16(20)22-15)10-5-9(17)6-11(18)13(10)24-14/h5-6,8H,3-4,7,19H2,1-2H3,(H2,20,21,22). The molecule has 8 heteroatoms. The van der Waals surface area contributed by atoms with Crippen LogP contribution in [0.3, 0.4) is 0 Å². The van der Waals surface area contributed by atoms with E-state index in [9.17, 15) is 0 Å². The number of aromatic nitrogens is 2. The normalized spacial score (nSPS) is 12.9. The van der Waals surface area contributed by atoms with Gasteiger partial charge in [-0.25, -0.2) is 4.98 Å². The van der Waals surface area contributed by atoms with E-state index in [1.54, 1.807) is 12.1 Å². The van der Waals surface area contributed by atoms with Gasteiger partial charge in [-0.1, -0.05) is 30.1 Å². The van der Waals surface area contributed by atoms with Crippen LogP contribution in [0.4, 0.5) is 11.8 Å². The molecule has 3 rings (SSSR count). The van der Waals surface area contributed by atoms with Crippen molar-refractivity contribution in [3.8, 4) is 0 Å². The fraction of sp³-hybridized carbons (Fsp3) is 0.375. The van der Waals surface area contributed by atoms with Crippen molar-refractivity contribution in [2.24, 2.45) is 5.73 Å². The molecule has 0 aliphatic rings. The molecule has 0 saturated carbocycles. The van der Waals surface area contributed by atoms with Crippen molar-refractivity contribution < 1.29 is 4.42 Å². The number of rotatable bonds is 5. The number of furan rings is 1. The molecule has 0 amide bonds. The molecule has 2 aromatic heterocycles. The van der Waals surface area contributed by atoms with Crippen molar-refractivity contribution in [1.29, 1.82) is 0 Å². The molecule has 0 fully saturated rings. The summed E-state index contributed by atoms with van der Waals surface area (Å²) in [5, 5.41) is 1.65. The first-order valence-corrected chi connectivity index (χ1v) is 8.51. The molecule has 0 saturated heterocycles. The summed E-state index contributed by atoms with van der Waals surface area (Å²) in [7, 11) is 0. The molecule has 0 bridgehead atoms. The summed E-state index contributed by atoms with van der Waals surface area (Å²) in [6, 6.07) is 3.38. The highest BCUT2D eigenvalue weighted by Crippen LogP contribution is 2.38. The first-order chi connectivity index (χ1) is 11.4. The van der Waals surface area contributed by atoms with E-state index in [1.807, 2.05) is 6.92 Å². The Bertz CT molecular complexity index is 893. The molecule has 0 radical (unpaired) electrons. The van der Waals surface area contributed by atoms with Gasteiger partial charge in [-0.3, -0.25) is 0 Å². The van der Waals surface area contributed by atoms with Crippen LogP contribution in [0.25, 0.3) is 22.1 Å². The summed E-state index contributed by atoms with van der Waals surface area (Å²) in [4.78, 5) is 10.8. The van der Waals surface area contributed by atoms with Gasteiger partial charge in [0, 0.05) is 24.2 Å². The number of nitrogen functional groups attached to an aromatic ring is 1. The van der Waals surface area contributed by atoms with Gasteiger partial charge in [-0.2, -0.15) is 4.98 Å². The van der Waals surface area contributed by atoms with E-state index < -0.39 is 0 Å². The van der Waals surface area contributed by atoms with Crippen molar-refractivity contribution >= 4 is 57.0 Å². The highest BCUT2D eigenvalue weighted by Gasteiger charge is 2.21. The van der Waals surface area contributed by atoms with Crippen molar-refractivity contribution in [2.45, 2.75) is 26.3 Å². The van der Waals surface area contributed by atoms with Crippen molar-refractivity contribution in [3.05, 3.63) is 22.2 Å². The van der Waals surface area contributed by atoms with Gasteiger partial charge in [-0.15, -0.1) is 0 Å². The zero-order valence-corrected chi connectivity index (χ0v) is 15.0. The van der Waals surface area contributed by atoms with E-state index in [0.29, 0.717) is 39.1 Å². The lowest BCUT2D eigenvalue weighted by Gasteiger charge is -2.25. The Labute approximate surface area is 149 Å². The molecule has 0 aliphatic carbocycles. The van der Waals surface area contributed by atoms with Crippen molar-refractivity contribution in [1.82, 2.24) is 9.97 Å². The third kappa shape index (κ3) is 3.09. The maximum Gasteiger partial charge on any atom is 0.222 e. The summed E-state index contributed by atoms with van der Waals surface area (Å²) in [5.41, 5.74) is 13.6. The number of hydrogen-bond donors (Lipinski definition) is 2. The van der Waals surface area contributed by atoms with Gasteiger partial charge in [0.15, 0.2) is 17.0 Å². The number of benzene rings is 1. The average Bonchev–Trinajstić information content (AvgIpc) is 2.85. The first kappa shape index (κ1) is 17.1. The molecule has 24 heavy (non-hydrogen) atoms. The lowest BCUT2D eigenvalue weighted by Crippen LogP contribution is -2.36. The molecule has 4 N–H and O–H groups in total. The van der Waals surface area contributed by atoms with Gasteiger partial charge in [0.2, 0.25) is 5.95 Å². The van der Waals surface area contributed by atoms with Crippen LogP contribution in [0.5, 0.6) is 0 Å². The number of fused-ring (bicyclic) bond motifs is 3. The van der Waals surface area contributed by atoms with Crippen LogP contribution in [0, 0.1) is 0 Å². The Balaban J connectivity index is 2.29. The first-order valence-electron chi connectivity index (χ1n) is 7.76. The molecule has 1 aromatic carbocycles. The van der Waals surface area contributed by atoms with Gasteiger partial charge in [0.25, 0.3) is 0 Å². The van der Waals surface area contributed by atoms with Crippen LogP contribution >= 0.6 is 23.2 Å². The topological polar surface area (TPSA) is 94.2 Å². The summed E-state index contributed by atoms with van der Waals surface area (Å²) in [5.74, 6) is 0.794. The lowest BCUT2D eigenvalue weighted by molar-refractivity contribution is 0.638. The van der Waals surface area contributed by atoms with Gasteiger partial charge in [0.05, 0.1) is 10.4 Å². The zero-order chi connectivity index (χ0) is 17.4. The lowest BCUT2D eigenvalue weighted by atomic mass is 10.2. The highest BCUT2D eigenvalue weighted by atomic mass is 35.5. The second kappa shape index (κ2) is 6.63. The van der Waals surface area contributed by atoms with Gasteiger partial charge < -0.3 is 20.8 Å². The fourth-order valence-corrected chi connectivity index (χ4v) is 3.32. The van der Waals surface area contributed by atoms with Gasteiger partial charge in [0.1, 0.15) is 5.52 Å². The Kier molecular flexibility index (Phi) is 4.71. The van der Waals surface area contributed by atoms with Crippen molar-refractivity contribution in [2.75, 3.05) is 23.7 Å². The van der Waals surface area contributed by atoms with E-state index in [-0.39, 0.29) is 12.0 Å². The van der Waals surface area contributed by atoms with E-state index in [1.165, 1.54) is 0 Å². The van der Waals surface area contributed by atoms with Crippen molar-refractivity contribution in [3.63, 3.8) is 0 Å². The maximum atomic E-state index is 6.26. The van der Waals surface area contributed by atoms with Crippen LogP contribution in [-0.2, 0) is 0 Å². The Morgan fingerprint density at radius 3 is 2.67 bits per heavy atom. The molecule has 0 spiro atoms. The largest absolute Gasteiger partial charge is 0.449 e. The third-order valence-corrected chi connectivity index (χ3v) is 4.13. The monoisotopic (exact) mass is 367 g/mol. The molecule has 1 unspecified atom stereocenters. The number of anilines is 2. The minimum absolute atomic E-state index is 0.0230. The minimum Gasteiger partial charge on any atom is -0.449 e. The number of nitrogens with two attached hydrogens (primary N) is 2. The van der Waals surface area contributed by atoms with E-state index in [0.717, 1.165) is 18.4 Å². The Morgan fingerprint density at radius 1 is 1.25 bits per heavy atom. The van der Waals surface area contributed by atoms with E-state index >= 15 is 0 Å². The van der Waals surface area contributed by atoms with Crippen LogP contribution < -0.4 is 16.4 Å². The molecule has 128 valence electrons. The SMILES string of the molecule is CCCN(CC(C)N)c1nc(N)nc2c1oc1c(Cl)cc(Cl)cc12. The molecular weight excluding hydrogens is 349 g/mol. The second-order valence-electron chi connectivity index (χ2n) is 5.87. The van der Waals surface area contributed by atoms with Crippen LogP contribution in [0.1, 0.15) is 20.3 Å². The maximum absolute atomic E-state index is 6.26. The van der Waals surface area contributed by atoms with Crippen LogP contribution in [-0.4, -0.2) is 29.1 Å². The predicted octanol–water partition coefficient (Wildman–Crippen LogP) is 3.83. The zero-order valence-electron chi connectivity index (χ0n) is 13.5. The second-order valence-corrected chi connectivity index (χ2v) is 6.72. The number of halogens is 2. The predicted molar refractivity (Wildman–Crippen MR) is 99.9 cm³/mol. The van der Waals surface area contributed by atoms with Gasteiger partial charge >= 0.3 is 0 Å². The molecule has 0 aliphatic heterocycles. The highest BCUT2D eigenvalue weighted by molar-refractivity contribution is 6.39. The van der Waals surface area contributed by atoms with Crippen LogP contribution in [0.2, 0.25) is 10.0 Å². The summed E-state index contributed by atoms with van der Waals surface area (Å²) >= 11 is 12.4. The fourth-order valence-electron chi connectivity index (χ4n) is 2.79. The van der Waals surface area contributed by atoms with Crippen LogP contribution in [0.15, 0.2) is 16.5 Å². The Hall–Kier alpha value is -1.76. The quantitative estimate of drug-likeness (QED) is 0.711. The molecule has 1 atom stereocenters. The molecule has 2 heterocycles. The Morgan fingerprint density at radius 2 is 2.00 bits per heavy atom. The smallest absolute Gasteiger partial charge is 0.222 e. The van der Waals surface area contributed by atoms with Gasteiger partial charge in [-0.05, 0) is 25.5 Å². The third-order valence-electron chi connectivity index (χ3n) is 3.63. The van der Waals surface area contributed by atoms with E-state index in [4.69, 9.17) is 39.1 Å².